The molecule has 3 aliphatic heterocycles. The average Bonchev–Trinajstić information content (AvgIpc) is 3.24. The zero-order valence-corrected chi connectivity index (χ0v) is 15.6. The lowest BCUT2D eigenvalue weighted by molar-refractivity contribution is -0.114. The summed E-state index contributed by atoms with van der Waals surface area (Å²) in [5, 5.41) is 8.18. The summed E-state index contributed by atoms with van der Waals surface area (Å²) in [6, 6.07) is 3.38. The first kappa shape index (κ1) is 17.2. The fourth-order valence-electron chi connectivity index (χ4n) is 4.17. The third-order valence-corrected chi connectivity index (χ3v) is 5.68. The highest BCUT2D eigenvalue weighted by atomic mass is 16.6. The molecule has 5 rings (SSSR count). The Morgan fingerprint density at radius 1 is 1.11 bits per heavy atom. The molecule has 0 radical (unpaired) electrons. The molecule has 9 heteroatoms. The molecule has 1 fully saturated rings. The number of benzene rings is 1. The topological polar surface area (TPSA) is 89.8 Å². The number of likely N-dealkylation sites (tertiary alicyclic amines) is 1. The molecule has 146 valence electrons. The van der Waals surface area contributed by atoms with E-state index in [4.69, 9.17) is 9.47 Å². The van der Waals surface area contributed by atoms with Crippen LogP contribution in [-0.2, 0) is 11.8 Å². The van der Waals surface area contributed by atoms with Gasteiger partial charge in [-0.25, -0.2) is 0 Å². The molecular weight excluding hydrogens is 362 g/mol. The van der Waals surface area contributed by atoms with Crippen molar-refractivity contribution in [2.75, 3.05) is 37.9 Å². The molecule has 2 aromatic rings. The summed E-state index contributed by atoms with van der Waals surface area (Å²) in [5.41, 5.74) is 0.998. The number of Topliss-reactive ketones (excluding diaryl/α,β-unsaturated/α-hetero) is 1. The molecule has 0 bridgehead atoms. The Labute approximate surface area is 161 Å². The van der Waals surface area contributed by atoms with Crippen molar-refractivity contribution in [2.24, 2.45) is 7.05 Å². The number of hydrogen-bond acceptors (Lipinski definition) is 7. The van der Waals surface area contributed by atoms with Crippen LogP contribution in [0.2, 0.25) is 0 Å². The number of fused-ring (bicyclic) bond motifs is 2. The van der Waals surface area contributed by atoms with E-state index in [0.29, 0.717) is 48.6 Å². The van der Waals surface area contributed by atoms with E-state index >= 15 is 0 Å². The number of ketones is 1. The number of nitrogens with zero attached hydrogens (tertiary/aromatic N) is 5. The first-order valence-electron chi connectivity index (χ1n) is 9.48. The van der Waals surface area contributed by atoms with Crippen molar-refractivity contribution in [3.8, 4) is 11.5 Å². The molecule has 1 aromatic carbocycles. The van der Waals surface area contributed by atoms with Gasteiger partial charge in [-0.15, -0.1) is 10.2 Å². The first-order chi connectivity index (χ1) is 13.6. The lowest BCUT2D eigenvalue weighted by Gasteiger charge is -2.34. The standard InChI is InChI=1S/C19H21N5O4/c1-22-10-20-21-18(22)12-2-4-23(5-3-12)11-24-14-9-16-15(27-6-7-28-16)8-13(14)17(25)19(24)26/h8-10,12H,2-7,11H2,1H3. The van der Waals surface area contributed by atoms with Gasteiger partial charge in [-0.1, -0.05) is 0 Å². The molecule has 28 heavy (non-hydrogen) atoms. The van der Waals surface area contributed by atoms with Crippen molar-refractivity contribution < 1.29 is 19.1 Å². The van der Waals surface area contributed by atoms with Gasteiger partial charge in [-0.3, -0.25) is 19.4 Å². The Hall–Kier alpha value is -2.94. The van der Waals surface area contributed by atoms with E-state index in [9.17, 15) is 9.59 Å². The number of aryl methyl sites for hydroxylation is 1. The molecule has 0 aliphatic carbocycles. The second kappa shape index (κ2) is 6.59. The highest BCUT2D eigenvalue weighted by Crippen LogP contribution is 2.40. The van der Waals surface area contributed by atoms with Gasteiger partial charge in [0.1, 0.15) is 25.4 Å². The minimum Gasteiger partial charge on any atom is -0.486 e. The van der Waals surface area contributed by atoms with Gasteiger partial charge in [-0.05, 0) is 18.9 Å². The van der Waals surface area contributed by atoms with Gasteiger partial charge in [0, 0.05) is 32.1 Å². The predicted octanol–water partition coefficient (Wildman–Crippen LogP) is 0.953. The summed E-state index contributed by atoms with van der Waals surface area (Å²) in [4.78, 5) is 28.8. The van der Waals surface area contributed by atoms with Crippen LogP contribution in [-0.4, -0.2) is 64.3 Å². The van der Waals surface area contributed by atoms with Crippen molar-refractivity contribution in [3.63, 3.8) is 0 Å². The number of carbonyl (C=O) groups is 2. The van der Waals surface area contributed by atoms with Crippen LogP contribution < -0.4 is 14.4 Å². The molecule has 0 atom stereocenters. The van der Waals surface area contributed by atoms with Crippen LogP contribution in [0.4, 0.5) is 5.69 Å². The Bertz CT molecular complexity index is 948. The number of piperidine rings is 1. The largest absolute Gasteiger partial charge is 0.486 e. The zero-order valence-electron chi connectivity index (χ0n) is 15.6. The quantitative estimate of drug-likeness (QED) is 0.729. The second-order valence-electron chi connectivity index (χ2n) is 7.41. The summed E-state index contributed by atoms with van der Waals surface area (Å²) < 4.78 is 13.1. The van der Waals surface area contributed by atoms with Crippen LogP contribution >= 0.6 is 0 Å². The average molecular weight is 383 g/mol. The minimum atomic E-state index is -0.493. The Morgan fingerprint density at radius 3 is 2.50 bits per heavy atom. The number of carbonyl (C=O) groups excluding carboxylic acids is 2. The number of rotatable bonds is 3. The molecule has 4 heterocycles. The molecule has 9 nitrogen and oxygen atoms in total. The van der Waals surface area contributed by atoms with Crippen molar-refractivity contribution in [1.29, 1.82) is 0 Å². The van der Waals surface area contributed by atoms with E-state index < -0.39 is 11.7 Å². The fraction of sp³-hybridized carbons (Fsp3) is 0.474. The van der Waals surface area contributed by atoms with Crippen LogP contribution in [0.1, 0.15) is 34.9 Å². The number of aromatic nitrogens is 3. The molecule has 0 saturated carbocycles. The van der Waals surface area contributed by atoms with Gasteiger partial charge in [0.15, 0.2) is 11.5 Å². The third kappa shape index (κ3) is 2.73. The van der Waals surface area contributed by atoms with E-state index in [1.54, 1.807) is 23.4 Å². The smallest absolute Gasteiger partial charge is 0.300 e. The molecule has 0 spiro atoms. The zero-order chi connectivity index (χ0) is 19.3. The lowest BCUT2D eigenvalue weighted by Crippen LogP contribution is -2.44. The van der Waals surface area contributed by atoms with Crippen LogP contribution in [0.5, 0.6) is 11.5 Å². The number of hydrogen-bond donors (Lipinski definition) is 0. The number of anilines is 1. The van der Waals surface area contributed by atoms with Gasteiger partial charge in [0.2, 0.25) is 0 Å². The molecule has 1 aromatic heterocycles. The monoisotopic (exact) mass is 383 g/mol. The summed E-state index contributed by atoms with van der Waals surface area (Å²) in [7, 11) is 1.96. The molecule has 0 unspecified atom stereocenters. The third-order valence-electron chi connectivity index (χ3n) is 5.68. The van der Waals surface area contributed by atoms with Gasteiger partial charge in [-0.2, -0.15) is 0 Å². The first-order valence-corrected chi connectivity index (χ1v) is 9.48. The SMILES string of the molecule is Cn1cnnc1C1CCN(CN2C(=O)C(=O)c3cc4c(cc32)OCCO4)CC1. The maximum absolute atomic E-state index is 12.6. The van der Waals surface area contributed by atoms with E-state index in [-0.39, 0.29) is 0 Å². The molecule has 1 saturated heterocycles. The van der Waals surface area contributed by atoms with E-state index in [1.165, 1.54) is 0 Å². The van der Waals surface area contributed by atoms with Crippen LogP contribution in [0.15, 0.2) is 18.5 Å². The van der Waals surface area contributed by atoms with E-state index in [2.05, 4.69) is 15.1 Å². The van der Waals surface area contributed by atoms with Crippen LogP contribution in [0.3, 0.4) is 0 Å². The van der Waals surface area contributed by atoms with Gasteiger partial charge in [0.25, 0.3) is 5.78 Å². The lowest BCUT2D eigenvalue weighted by atomic mass is 9.96. The van der Waals surface area contributed by atoms with E-state index in [0.717, 1.165) is 31.8 Å². The van der Waals surface area contributed by atoms with Crippen molar-refractivity contribution in [3.05, 3.63) is 29.8 Å². The van der Waals surface area contributed by atoms with Gasteiger partial charge in [0.05, 0.1) is 17.9 Å². The highest BCUT2D eigenvalue weighted by Gasteiger charge is 2.39. The number of ether oxygens (including phenoxy) is 2. The van der Waals surface area contributed by atoms with Gasteiger partial charge >= 0.3 is 5.91 Å². The molecular formula is C19H21N5O4. The minimum absolute atomic E-state index is 0.365. The molecule has 3 aliphatic rings. The Balaban J connectivity index is 1.32. The van der Waals surface area contributed by atoms with Crippen molar-refractivity contribution >= 4 is 17.4 Å². The van der Waals surface area contributed by atoms with Crippen LogP contribution in [0, 0.1) is 0 Å². The summed E-state index contributed by atoms with van der Waals surface area (Å²) in [6.45, 7) is 2.95. The maximum atomic E-state index is 12.6. The Morgan fingerprint density at radius 2 is 1.82 bits per heavy atom. The normalized spacial score (nSPS) is 20.0. The second-order valence-corrected chi connectivity index (χ2v) is 7.41. The predicted molar refractivity (Wildman–Crippen MR) is 98.7 cm³/mol. The summed E-state index contributed by atoms with van der Waals surface area (Å²) in [5.74, 6) is 1.50. The van der Waals surface area contributed by atoms with Crippen LogP contribution in [0.25, 0.3) is 0 Å². The summed E-state index contributed by atoms with van der Waals surface area (Å²) >= 11 is 0. The number of amides is 1. The maximum Gasteiger partial charge on any atom is 0.300 e. The molecule has 1 amide bonds. The van der Waals surface area contributed by atoms with Crippen molar-refractivity contribution in [1.82, 2.24) is 19.7 Å². The van der Waals surface area contributed by atoms with Gasteiger partial charge < -0.3 is 14.0 Å². The fourth-order valence-corrected chi connectivity index (χ4v) is 4.17. The van der Waals surface area contributed by atoms with Crippen molar-refractivity contribution in [2.45, 2.75) is 18.8 Å². The summed E-state index contributed by atoms with van der Waals surface area (Å²) in [6.07, 6.45) is 3.60. The van der Waals surface area contributed by atoms with E-state index in [1.807, 2.05) is 11.6 Å². The Kier molecular flexibility index (Phi) is 4.04. The highest BCUT2D eigenvalue weighted by molar-refractivity contribution is 6.52. The molecule has 0 N–H and O–H groups in total.